The summed E-state index contributed by atoms with van der Waals surface area (Å²) in [7, 11) is 0. The number of anilines is 1. The first kappa shape index (κ1) is 13.5. The molecule has 0 aliphatic rings. The van der Waals surface area contributed by atoms with Crippen LogP contribution in [0.4, 0.5) is 5.69 Å². The molecule has 0 aliphatic heterocycles. The van der Waals surface area contributed by atoms with E-state index in [1.165, 1.54) is 0 Å². The molecule has 0 aromatic carbocycles. The van der Waals surface area contributed by atoms with Gasteiger partial charge in [0.15, 0.2) is 0 Å². The number of rotatable bonds is 4. The number of aryl methyl sites for hydroxylation is 1. The summed E-state index contributed by atoms with van der Waals surface area (Å²) in [5.41, 5.74) is 6.89. The minimum Gasteiger partial charge on any atom is -0.460 e. The van der Waals surface area contributed by atoms with Crippen molar-refractivity contribution in [3.63, 3.8) is 0 Å². The lowest BCUT2D eigenvalue weighted by Crippen LogP contribution is -2.24. The Morgan fingerprint density at radius 2 is 2.18 bits per heavy atom. The first-order chi connectivity index (χ1) is 7.83. The van der Waals surface area contributed by atoms with Crippen LogP contribution in [0.1, 0.15) is 39.8 Å². The molecule has 0 unspecified atom stereocenters. The zero-order chi connectivity index (χ0) is 13.1. The summed E-state index contributed by atoms with van der Waals surface area (Å²) < 4.78 is 7.05. The second-order valence-corrected chi connectivity index (χ2v) is 4.95. The van der Waals surface area contributed by atoms with E-state index in [-0.39, 0.29) is 5.97 Å². The van der Waals surface area contributed by atoms with E-state index in [0.717, 1.165) is 12.2 Å². The van der Waals surface area contributed by atoms with E-state index >= 15 is 0 Å². The number of nitrogen functional groups attached to an aromatic ring is 1. The van der Waals surface area contributed by atoms with E-state index in [2.05, 4.69) is 5.10 Å². The minimum absolute atomic E-state index is 0.208. The van der Waals surface area contributed by atoms with Crippen LogP contribution in [0.5, 0.6) is 0 Å². The highest BCUT2D eigenvalue weighted by molar-refractivity contribution is 5.70. The molecule has 17 heavy (non-hydrogen) atoms. The van der Waals surface area contributed by atoms with E-state index in [4.69, 9.17) is 10.5 Å². The van der Waals surface area contributed by atoms with Gasteiger partial charge in [0.05, 0.1) is 24.0 Å². The van der Waals surface area contributed by atoms with E-state index in [0.29, 0.717) is 18.5 Å². The van der Waals surface area contributed by atoms with Crippen molar-refractivity contribution in [2.45, 2.75) is 52.7 Å². The second-order valence-electron chi connectivity index (χ2n) is 4.95. The van der Waals surface area contributed by atoms with Crippen molar-refractivity contribution in [2.75, 3.05) is 5.73 Å². The van der Waals surface area contributed by atoms with Crippen molar-refractivity contribution >= 4 is 11.7 Å². The summed E-state index contributed by atoms with van der Waals surface area (Å²) >= 11 is 0. The first-order valence-corrected chi connectivity index (χ1v) is 5.85. The Hall–Kier alpha value is -1.52. The number of hydrogen-bond acceptors (Lipinski definition) is 4. The van der Waals surface area contributed by atoms with Crippen molar-refractivity contribution in [1.29, 1.82) is 0 Å². The normalized spacial score (nSPS) is 11.5. The smallest absolute Gasteiger partial charge is 0.306 e. The van der Waals surface area contributed by atoms with E-state index in [1.807, 2.05) is 27.7 Å². The molecule has 0 atom stereocenters. The van der Waals surface area contributed by atoms with Crippen LogP contribution >= 0.6 is 0 Å². The van der Waals surface area contributed by atoms with Gasteiger partial charge in [-0.25, -0.2) is 0 Å². The van der Waals surface area contributed by atoms with Crippen LogP contribution < -0.4 is 5.73 Å². The van der Waals surface area contributed by atoms with E-state index in [1.54, 1.807) is 10.9 Å². The molecular formula is C12H21N3O2. The average molecular weight is 239 g/mol. The van der Waals surface area contributed by atoms with Crippen LogP contribution in [0.2, 0.25) is 0 Å². The van der Waals surface area contributed by atoms with Gasteiger partial charge in [-0.2, -0.15) is 5.10 Å². The number of aromatic nitrogens is 2. The molecule has 1 rings (SSSR count). The Labute approximate surface area is 102 Å². The molecular weight excluding hydrogens is 218 g/mol. The van der Waals surface area contributed by atoms with Crippen LogP contribution in [0.25, 0.3) is 0 Å². The van der Waals surface area contributed by atoms with Gasteiger partial charge >= 0.3 is 5.97 Å². The Bertz CT molecular complexity index is 391. The molecule has 5 heteroatoms. The fourth-order valence-electron chi connectivity index (χ4n) is 1.58. The maximum Gasteiger partial charge on any atom is 0.306 e. The molecule has 1 heterocycles. The fraction of sp³-hybridized carbons (Fsp3) is 0.667. The van der Waals surface area contributed by atoms with E-state index in [9.17, 15) is 4.79 Å². The van der Waals surface area contributed by atoms with E-state index < -0.39 is 5.60 Å². The summed E-state index contributed by atoms with van der Waals surface area (Å²) in [6.45, 7) is 8.31. The van der Waals surface area contributed by atoms with Gasteiger partial charge in [-0.15, -0.1) is 0 Å². The summed E-state index contributed by atoms with van der Waals surface area (Å²) in [5, 5.41) is 4.13. The topological polar surface area (TPSA) is 70.1 Å². The van der Waals surface area contributed by atoms with Crippen LogP contribution in [-0.2, 0) is 22.5 Å². The van der Waals surface area contributed by atoms with Crippen LogP contribution in [0.3, 0.4) is 0 Å². The van der Waals surface area contributed by atoms with Crippen molar-refractivity contribution in [1.82, 2.24) is 9.78 Å². The molecule has 0 saturated heterocycles. The Morgan fingerprint density at radius 3 is 2.71 bits per heavy atom. The minimum atomic E-state index is -0.437. The van der Waals surface area contributed by atoms with Crippen LogP contribution in [0, 0.1) is 0 Å². The lowest BCUT2D eigenvalue weighted by atomic mass is 10.2. The average Bonchev–Trinajstić information content (AvgIpc) is 2.53. The third kappa shape index (κ3) is 4.09. The molecule has 2 N–H and O–H groups in total. The monoisotopic (exact) mass is 239 g/mol. The van der Waals surface area contributed by atoms with Crippen LogP contribution in [0.15, 0.2) is 6.20 Å². The lowest BCUT2D eigenvalue weighted by molar-refractivity contribution is -0.154. The SMILES string of the molecule is CCn1ncc(N)c1CCC(=O)OC(C)(C)C. The highest BCUT2D eigenvalue weighted by Crippen LogP contribution is 2.15. The number of nitrogens with two attached hydrogens (primary N) is 1. The standard InChI is InChI=1S/C12H21N3O2/c1-5-15-10(9(13)8-14-15)6-7-11(16)17-12(2,3)4/h8H,5-7,13H2,1-4H3. The maximum absolute atomic E-state index is 11.6. The molecule has 0 aliphatic carbocycles. The number of ether oxygens (including phenoxy) is 1. The first-order valence-electron chi connectivity index (χ1n) is 5.85. The fourth-order valence-corrected chi connectivity index (χ4v) is 1.58. The van der Waals surface area contributed by atoms with Gasteiger partial charge in [-0.1, -0.05) is 0 Å². The zero-order valence-electron chi connectivity index (χ0n) is 11.0. The third-order valence-electron chi connectivity index (χ3n) is 2.27. The maximum atomic E-state index is 11.6. The Morgan fingerprint density at radius 1 is 1.53 bits per heavy atom. The molecule has 1 aromatic rings. The van der Waals surface area contributed by atoms with Gasteiger partial charge in [0.1, 0.15) is 5.60 Å². The molecule has 0 fully saturated rings. The summed E-state index contributed by atoms with van der Waals surface area (Å²) in [4.78, 5) is 11.6. The predicted octanol–water partition coefficient (Wildman–Crippen LogP) is 1.76. The summed E-state index contributed by atoms with van der Waals surface area (Å²) in [6.07, 6.45) is 2.51. The van der Waals surface area contributed by atoms with Crippen molar-refractivity contribution < 1.29 is 9.53 Å². The van der Waals surface area contributed by atoms with Gasteiger partial charge < -0.3 is 10.5 Å². The molecule has 5 nitrogen and oxygen atoms in total. The zero-order valence-corrected chi connectivity index (χ0v) is 11.0. The highest BCUT2D eigenvalue weighted by atomic mass is 16.6. The van der Waals surface area contributed by atoms with Gasteiger partial charge in [0, 0.05) is 13.0 Å². The Balaban J connectivity index is 2.56. The molecule has 0 bridgehead atoms. The van der Waals surface area contributed by atoms with Gasteiger partial charge in [0.2, 0.25) is 0 Å². The summed E-state index contributed by atoms with van der Waals surface area (Å²) in [5.74, 6) is -0.208. The van der Waals surface area contributed by atoms with Gasteiger partial charge in [-0.05, 0) is 27.7 Å². The molecule has 0 spiro atoms. The number of nitrogens with zero attached hydrogens (tertiary/aromatic N) is 2. The summed E-state index contributed by atoms with van der Waals surface area (Å²) in [6, 6.07) is 0. The molecule has 96 valence electrons. The third-order valence-corrected chi connectivity index (χ3v) is 2.27. The van der Waals surface area contributed by atoms with Gasteiger partial charge in [0.25, 0.3) is 0 Å². The number of hydrogen-bond donors (Lipinski definition) is 1. The number of carbonyl (C=O) groups excluding carboxylic acids is 1. The molecule has 0 radical (unpaired) electrons. The van der Waals surface area contributed by atoms with Crippen LogP contribution in [-0.4, -0.2) is 21.4 Å². The van der Waals surface area contributed by atoms with Gasteiger partial charge in [-0.3, -0.25) is 9.48 Å². The van der Waals surface area contributed by atoms with Crippen molar-refractivity contribution in [2.24, 2.45) is 0 Å². The quantitative estimate of drug-likeness (QED) is 0.813. The Kier molecular flexibility index (Phi) is 4.15. The lowest BCUT2D eigenvalue weighted by Gasteiger charge is -2.19. The number of esters is 1. The highest BCUT2D eigenvalue weighted by Gasteiger charge is 2.17. The predicted molar refractivity (Wildman–Crippen MR) is 66.5 cm³/mol. The molecule has 0 saturated carbocycles. The largest absolute Gasteiger partial charge is 0.460 e. The van der Waals surface area contributed by atoms with Crippen molar-refractivity contribution in [3.05, 3.63) is 11.9 Å². The number of carbonyl (C=O) groups is 1. The molecule has 1 aromatic heterocycles. The van der Waals surface area contributed by atoms with Crippen molar-refractivity contribution in [3.8, 4) is 0 Å². The second kappa shape index (κ2) is 5.21. The molecule has 0 amide bonds.